The number of nitrogens with zero attached hydrogens (tertiary/aromatic N) is 3. The molecule has 11 heteroatoms. The fourth-order valence-corrected chi connectivity index (χ4v) is 4.99. The SMILES string of the molecule is COc1ccc(-c2nc3ccc(-c4nnc(SCC(=O)Nc5ccc(C(=O)/C=C/c6ccc(Cl)cc6)cc5)o4)cc3[nH]2)cc1. The van der Waals surface area contributed by atoms with Crippen LogP contribution in [0.2, 0.25) is 5.02 Å². The number of carbonyl (C=O) groups is 2. The second-order valence-electron chi connectivity index (χ2n) is 9.58. The van der Waals surface area contributed by atoms with E-state index in [4.69, 9.17) is 20.8 Å². The number of nitrogens with one attached hydrogen (secondary N) is 2. The summed E-state index contributed by atoms with van der Waals surface area (Å²) in [5, 5.41) is 11.9. The minimum atomic E-state index is -0.249. The number of ketones is 1. The number of amides is 1. The summed E-state index contributed by atoms with van der Waals surface area (Å²) in [7, 11) is 1.63. The van der Waals surface area contributed by atoms with Crippen molar-refractivity contribution in [2.24, 2.45) is 0 Å². The summed E-state index contributed by atoms with van der Waals surface area (Å²) in [6, 6.07) is 27.2. The van der Waals surface area contributed by atoms with E-state index in [9.17, 15) is 9.59 Å². The number of hydrogen-bond acceptors (Lipinski definition) is 8. The summed E-state index contributed by atoms with van der Waals surface area (Å²) >= 11 is 7.03. The predicted molar refractivity (Wildman–Crippen MR) is 172 cm³/mol. The molecule has 2 N–H and O–H groups in total. The van der Waals surface area contributed by atoms with Gasteiger partial charge < -0.3 is 19.5 Å². The molecule has 4 aromatic carbocycles. The average molecular weight is 622 g/mol. The van der Waals surface area contributed by atoms with Gasteiger partial charge in [0, 0.05) is 27.4 Å². The maximum atomic E-state index is 12.5. The van der Waals surface area contributed by atoms with Gasteiger partial charge in [-0.3, -0.25) is 9.59 Å². The van der Waals surface area contributed by atoms with Gasteiger partial charge >= 0.3 is 0 Å². The van der Waals surface area contributed by atoms with Gasteiger partial charge in [-0.05, 0) is 90.5 Å². The quantitative estimate of drug-likeness (QED) is 0.0912. The van der Waals surface area contributed by atoms with Gasteiger partial charge in [0.25, 0.3) is 5.22 Å². The van der Waals surface area contributed by atoms with Gasteiger partial charge in [-0.1, -0.05) is 41.6 Å². The number of thioether (sulfide) groups is 1. The van der Waals surface area contributed by atoms with Gasteiger partial charge in [0.1, 0.15) is 11.6 Å². The van der Waals surface area contributed by atoms with E-state index in [1.807, 2.05) is 54.6 Å². The van der Waals surface area contributed by atoms with Crippen LogP contribution in [0.25, 0.3) is 40.0 Å². The Labute approximate surface area is 261 Å². The van der Waals surface area contributed by atoms with Gasteiger partial charge in [0.2, 0.25) is 11.8 Å². The smallest absolute Gasteiger partial charge is 0.277 e. The molecule has 0 aliphatic carbocycles. The van der Waals surface area contributed by atoms with Crippen LogP contribution in [0.5, 0.6) is 5.75 Å². The topological polar surface area (TPSA) is 123 Å². The van der Waals surface area contributed by atoms with Crippen molar-refractivity contribution >= 4 is 57.9 Å². The van der Waals surface area contributed by atoms with E-state index in [0.717, 1.165) is 51.1 Å². The number of aromatic amines is 1. The maximum absolute atomic E-state index is 12.5. The number of benzene rings is 4. The normalized spacial score (nSPS) is 11.2. The number of rotatable bonds is 10. The summed E-state index contributed by atoms with van der Waals surface area (Å²) in [5.74, 6) is 1.51. The summed E-state index contributed by atoms with van der Waals surface area (Å²) in [6.07, 6.45) is 3.23. The van der Waals surface area contributed by atoms with Crippen LogP contribution in [0.4, 0.5) is 5.69 Å². The van der Waals surface area contributed by atoms with Crippen molar-refractivity contribution in [1.29, 1.82) is 0 Å². The molecule has 1 amide bonds. The number of H-pyrrole nitrogens is 1. The van der Waals surface area contributed by atoms with Crippen LogP contribution in [0.15, 0.2) is 107 Å². The van der Waals surface area contributed by atoms with Crippen LogP contribution in [-0.4, -0.2) is 44.7 Å². The number of carbonyl (C=O) groups excluding carboxylic acids is 2. The average Bonchev–Trinajstić information content (AvgIpc) is 3.71. The standard InChI is InChI=1S/C33H24ClN5O4S/c1-42-26-14-7-22(8-15-26)31-36-27-16-9-23(18-28(27)37-31)32-38-39-33(43-32)44-19-30(41)35-25-12-5-21(6-13-25)29(40)17-4-20-2-10-24(34)11-3-20/h2-18H,19H2,1H3,(H,35,41)(H,36,37)/b17-4+. The molecule has 2 aromatic heterocycles. The molecule has 6 aromatic rings. The van der Waals surface area contributed by atoms with E-state index in [0.29, 0.717) is 22.2 Å². The first-order valence-corrected chi connectivity index (χ1v) is 14.8. The van der Waals surface area contributed by atoms with Crippen LogP contribution < -0.4 is 10.1 Å². The van der Waals surface area contributed by atoms with Crippen LogP contribution in [0.3, 0.4) is 0 Å². The van der Waals surface area contributed by atoms with Crippen molar-refractivity contribution in [2.75, 3.05) is 18.2 Å². The zero-order valence-electron chi connectivity index (χ0n) is 23.3. The Kier molecular flexibility index (Phi) is 8.53. The number of fused-ring (bicyclic) bond motifs is 1. The number of halogens is 1. The van der Waals surface area contributed by atoms with Crippen LogP contribution >= 0.6 is 23.4 Å². The molecule has 0 saturated heterocycles. The predicted octanol–water partition coefficient (Wildman–Crippen LogP) is 7.57. The van der Waals surface area contributed by atoms with Crippen LogP contribution in [0.1, 0.15) is 15.9 Å². The summed E-state index contributed by atoms with van der Waals surface area (Å²) < 4.78 is 11.0. The summed E-state index contributed by atoms with van der Waals surface area (Å²) in [5.41, 5.74) is 5.24. The third-order valence-corrected chi connectivity index (χ3v) is 7.65. The van der Waals surface area contributed by atoms with E-state index >= 15 is 0 Å². The molecule has 0 aliphatic rings. The molecule has 0 atom stereocenters. The molecule has 44 heavy (non-hydrogen) atoms. The fraction of sp³-hybridized carbons (Fsp3) is 0.0606. The van der Waals surface area contributed by atoms with Gasteiger partial charge in [-0.2, -0.15) is 0 Å². The van der Waals surface area contributed by atoms with Gasteiger partial charge in [-0.15, -0.1) is 10.2 Å². The van der Waals surface area contributed by atoms with Crippen molar-refractivity contribution in [3.8, 4) is 28.6 Å². The van der Waals surface area contributed by atoms with Crippen molar-refractivity contribution < 1.29 is 18.7 Å². The minimum absolute atomic E-state index is 0.0664. The van der Waals surface area contributed by atoms with Crippen molar-refractivity contribution in [2.45, 2.75) is 5.22 Å². The molecule has 6 rings (SSSR count). The van der Waals surface area contributed by atoms with Gasteiger partial charge in [0.05, 0.1) is 23.9 Å². The Hall–Kier alpha value is -5.19. The molecule has 0 aliphatic heterocycles. The van der Waals surface area contributed by atoms with Crippen molar-refractivity contribution in [3.05, 3.63) is 113 Å². The first-order valence-electron chi connectivity index (χ1n) is 13.4. The van der Waals surface area contributed by atoms with E-state index in [1.54, 1.807) is 49.6 Å². The zero-order valence-corrected chi connectivity index (χ0v) is 24.9. The number of anilines is 1. The monoisotopic (exact) mass is 621 g/mol. The molecular formula is C33H24ClN5O4S. The molecule has 0 spiro atoms. The second kappa shape index (κ2) is 13.0. The molecule has 0 unspecified atom stereocenters. The first-order chi connectivity index (χ1) is 21.4. The van der Waals surface area contributed by atoms with E-state index in [1.165, 1.54) is 6.08 Å². The maximum Gasteiger partial charge on any atom is 0.277 e. The lowest BCUT2D eigenvalue weighted by molar-refractivity contribution is -0.113. The number of aromatic nitrogens is 4. The molecule has 0 radical (unpaired) electrons. The minimum Gasteiger partial charge on any atom is -0.497 e. The number of hydrogen-bond donors (Lipinski definition) is 2. The van der Waals surface area contributed by atoms with Crippen molar-refractivity contribution in [1.82, 2.24) is 20.2 Å². The number of allylic oxidation sites excluding steroid dienone is 1. The molecule has 0 bridgehead atoms. The molecule has 2 heterocycles. The number of imidazole rings is 1. The van der Waals surface area contributed by atoms with Crippen molar-refractivity contribution in [3.63, 3.8) is 0 Å². The molecule has 218 valence electrons. The Morgan fingerprint density at radius 1 is 0.955 bits per heavy atom. The Balaban J connectivity index is 1.03. The number of methoxy groups -OCH3 is 1. The van der Waals surface area contributed by atoms with E-state index in [-0.39, 0.29) is 22.7 Å². The summed E-state index contributed by atoms with van der Waals surface area (Å²) in [6.45, 7) is 0. The highest BCUT2D eigenvalue weighted by atomic mass is 35.5. The number of ether oxygens (including phenoxy) is 1. The largest absolute Gasteiger partial charge is 0.497 e. The lowest BCUT2D eigenvalue weighted by Crippen LogP contribution is -2.14. The lowest BCUT2D eigenvalue weighted by atomic mass is 10.1. The Morgan fingerprint density at radius 3 is 2.45 bits per heavy atom. The fourth-order valence-electron chi connectivity index (χ4n) is 4.30. The Morgan fingerprint density at radius 2 is 1.70 bits per heavy atom. The second-order valence-corrected chi connectivity index (χ2v) is 10.9. The van der Waals surface area contributed by atoms with Gasteiger partial charge in [0.15, 0.2) is 5.78 Å². The Bertz CT molecular complexity index is 1970. The van der Waals surface area contributed by atoms with Crippen LogP contribution in [0, 0.1) is 0 Å². The molecular weight excluding hydrogens is 598 g/mol. The van der Waals surface area contributed by atoms with Gasteiger partial charge in [-0.25, -0.2) is 4.98 Å². The highest BCUT2D eigenvalue weighted by Crippen LogP contribution is 2.28. The summed E-state index contributed by atoms with van der Waals surface area (Å²) in [4.78, 5) is 33.0. The van der Waals surface area contributed by atoms with E-state index in [2.05, 4.69) is 25.5 Å². The van der Waals surface area contributed by atoms with E-state index < -0.39 is 0 Å². The highest BCUT2D eigenvalue weighted by molar-refractivity contribution is 7.99. The first kappa shape index (κ1) is 28.9. The molecule has 0 saturated carbocycles. The van der Waals surface area contributed by atoms with Crippen LogP contribution in [-0.2, 0) is 4.79 Å². The highest BCUT2D eigenvalue weighted by Gasteiger charge is 2.14. The molecule has 0 fully saturated rings. The third-order valence-electron chi connectivity index (χ3n) is 6.58. The lowest BCUT2D eigenvalue weighted by Gasteiger charge is -2.05. The zero-order chi connectivity index (χ0) is 30.5. The third kappa shape index (κ3) is 6.88. The molecule has 9 nitrogen and oxygen atoms in total.